The minimum Gasteiger partial charge on any atom is -0.465 e. The Morgan fingerprint density at radius 3 is 2.70 bits per heavy atom. The van der Waals surface area contributed by atoms with Crippen LogP contribution in [0.5, 0.6) is 0 Å². The Bertz CT molecular complexity index is 472. The lowest BCUT2D eigenvalue weighted by Crippen LogP contribution is -2.32. The van der Waals surface area contributed by atoms with Gasteiger partial charge in [0.15, 0.2) is 5.11 Å². The van der Waals surface area contributed by atoms with E-state index in [2.05, 4.69) is 27.5 Å². The van der Waals surface area contributed by atoms with Crippen molar-refractivity contribution in [3.8, 4) is 0 Å². The highest BCUT2D eigenvalue weighted by atomic mass is 32.1. The number of hydrogen-bond donors (Lipinski definition) is 2. The van der Waals surface area contributed by atoms with Gasteiger partial charge in [0.2, 0.25) is 0 Å². The summed E-state index contributed by atoms with van der Waals surface area (Å²) in [5, 5.41) is 7.57. The van der Waals surface area contributed by atoms with E-state index in [1.165, 1.54) is 7.11 Å². The van der Waals surface area contributed by atoms with E-state index < -0.39 is 0 Å². The van der Waals surface area contributed by atoms with Crippen LogP contribution in [0.15, 0.2) is 29.4 Å². The number of carbonyl (C=O) groups excluding carboxylic acids is 1. The fourth-order valence-electron chi connectivity index (χ4n) is 1.41. The summed E-state index contributed by atoms with van der Waals surface area (Å²) >= 11 is 5.06. The second kappa shape index (κ2) is 9.03. The highest BCUT2D eigenvalue weighted by molar-refractivity contribution is 7.80. The molecule has 6 heteroatoms. The number of hydrogen-bond acceptors (Lipinski definition) is 4. The van der Waals surface area contributed by atoms with Crippen LogP contribution >= 0.6 is 12.2 Å². The number of ether oxygens (including phenoxy) is 1. The quantitative estimate of drug-likeness (QED) is 0.276. The fourth-order valence-corrected chi connectivity index (χ4v) is 1.56. The van der Waals surface area contributed by atoms with E-state index in [1.807, 2.05) is 0 Å². The molecule has 0 saturated heterocycles. The molecule has 1 aromatic rings. The van der Waals surface area contributed by atoms with Crippen LogP contribution < -0.4 is 10.7 Å². The number of esters is 1. The number of methoxy groups -OCH3 is 1. The van der Waals surface area contributed by atoms with Gasteiger partial charge in [-0.1, -0.05) is 25.5 Å². The molecule has 1 rings (SSSR count). The zero-order valence-corrected chi connectivity index (χ0v) is 12.5. The minimum absolute atomic E-state index is 0.354. The molecule has 0 bridgehead atoms. The highest BCUT2D eigenvalue weighted by Crippen LogP contribution is 2.03. The Kier molecular flexibility index (Phi) is 7.27. The van der Waals surface area contributed by atoms with Gasteiger partial charge in [0.05, 0.1) is 18.9 Å². The normalized spacial score (nSPS) is 10.3. The van der Waals surface area contributed by atoms with E-state index in [0.717, 1.165) is 24.9 Å². The number of benzene rings is 1. The summed E-state index contributed by atoms with van der Waals surface area (Å²) < 4.78 is 4.63. The Morgan fingerprint density at radius 1 is 1.40 bits per heavy atom. The molecule has 108 valence electrons. The molecule has 0 aliphatic carbocycles. The van der Waals surface area contributed by atoms with Gasteiger partial charge in [-0.25, -0.2) is 4.79 Å². The van der Waals surface area contributed by atoms with Crippen LogP contribution in [0.2, 0.25) is 0 Å². The molecule has 0 aliphatic heterocycles. The number of thiocarbonyl (C=S) groups is 1. The largest absolute Gasteiger partial charge is 0.465 e. The van der Waals surface area contributed by atoms with Crippen molar-refractivity contribution in [2.45, 2.75) is 19.8 Å². The lowest BCUT2D eigenvalue weighted by molar-refractivity contribution is 0.0601. The first-order chi connectivity index (χ1) is 9.67. The lowest BCUT2D eigenvalue weighted by atomic mass is 10.1. The van der Waals surface area contributed by atoms with Gasteiger partial charge < -0.3 is 10.1 Å². The van der Waals surface area contributed by atoms with Crippen molar-refractivity contribution in [3.05, 3.63) is 35.4 Å². The molecule has 0 unspecified atom stereocenters. The summed E-state index contributed by atoms with van der Waals surface area (Å²) in [6.45, 7) is 2.96. The molecule has 0 fully saturated rings. The average molecular weight is 293 g/mol. The first-order valence-electron chi connectivity index (χ1n) is 6.42. The maximum atomic E-state index is 11.3. The van der Waals surface area contributed by atoms with E-state index in [4.69, 9.17) is 12.2 Å². The minimum atomic E-state index is -0.354. The molecule has 0 amide bonds. The topological polar surface area (TPSA) is 62.7 Å². The van der Waals surface area contributed by atoms with Crippen molar-refractivity contribution >= 4 is 29.5 Å². The third kappa shape index (κ3) is 5.79. The number of nitrogens with zero attached hydrogens (tertiary/aromatic N) is 1. The molecule has 1 aromatic carbocycles. The second-order valence-corrected chi connectivity index (χ2v) is 4.50. The predicted molar refractivity (Wildman–Crippen MR) is 84.0 cm³/mol. The van der Waals surface area contributed by atoms with Crippen molar-refractivity contribution < 1.29 is 9.53 Å². The summed E-state index contributed by atoms with van der Waals surface area (Å²) in [4.78, 5) is 11.3. The molecule has 0 spiro atoms. The van der Waals surface area contributed by atoms with Gasteiger partial charge >= 0.3 is 5.97 Å². The molecular weight excluding hydrogens is 274 g/mol. The first kappa shape index (κ1) is 16.1. The van der Waals surface area contributed by atoms with Gasteiger partial charge in [-0.05, 0) is 36.3 Å². The van der Waals surface area contributed by atoms with Crippen LogP contribution in [-0.4, -0.2) is 31.0 Å². The maximum Gasteiger partial charge on any atom is 0.337 e. The van der Waals surface area contributed by atoms with Gasteiger partial charge in [0.25, 0.3) is 0 Å². The summed E-state index contributed by atoms with van der Waals surface area (Å²) in [6, 6.07) is 6.94. The van der Waals surface area contributed by atoms with Crippen LogP contribution in [0.25, 0.3) is 0 Å². The molecule has 0 heterocycles. The van der Waals surface area contributed by atoms with E-state index in [1.54, 1.807) is 30.5 Å². The SMILES string of the molecule is CCCCNC(=S)N/N=C\c1ccc(C(=O)OC)cc1. The van der Waals surface area contributed by atoms with E-state index >= 15 is 0 Å². The third-order valence-electron chi connectivity index (χ3n) is 2.53. The predicted octanol–water partition coefficient (Wildman–Crippen LogP) is 2.07. The number of hydrazone groups is 1. The standard InChI is InChI=1S/C14H19N3O2S/c1-3-4-9-15-14(20)17-16-10-11-5-7-12(8-6-11)13(18)19-2/h5-8,10H,3-4,9H2,1-2H3,(H2,15,17,20)/b16-10-. The molecule has 0 atom stereocenters. The number of carbonyl (C=O) groups is 1. The average Bonchev–Trinajstić information content (AvgIpc) is 2.47. The van der Waals surface area contributed by atoms with Crippen LogP contribution in [0.4, 0.5) is 0 Å². The molecule has 0 saturated carbocycles. The number of unbranched alkanes of at least 4 members (excludes halogenated alkanes) is 1. The number of nitrogens with one attached hydrogen (secondary N) is 2. The van der Waals surface area contributed by atoms with Crippen LogP contribution in [0.3, 0.4) is 0 Å². The van der Waals surface area contributed by atoms with E-state index in [0.29, 0.717) is 10.7 Å². The molecule has 2 N–H and O–H groups in total. The summed E-state index contributed by atoms with van der Waals surface area (Å²) in [5.41, 5.74) is 4.11. The van der Waals surface area contributed by atoms with E-state index in [9.17, 15) is 4.79 Å². The van der Waals surface area contributed by atoms with Crippen molar-refractivity contribution in [3.63, 3.8) is 0 Å². The summed E-state index contributed by atoms with van der Waals surface area (Å²) in [5.74, 6) is -0.354. The number of rotatable bonds is 6. The highest BCUT2D eigenvalue weighted by Gasteiger charge is 2.03. The fraction of sp³-hybridized carbons (Fsp3) is 0.357. The Hall–Kier alpha value is -1.95. The Morgan fingerprint density at radius 2 is 2.10 bits per heavy atom. The zero-order chi connectivity index (χ0) is 14.8. The monoisotopic (exact) mass is 293 g/mol. The van der Waals surface area contributed by atoms with Gasteiger partial charge in [0, 0.05) is 6.54 Å². The molecular formula is C14H19N3O2S. The van der Waals surface area contributed by atoms with Gasteiger partial charge in [0.1, 0.15) is 0 Å². The van der Waals surface area contributed by atoms with Crippen molar-refractivity contribution in [1.29, 1.82) is 0 Å². The van der Waals surface area contributed by atoms with Crippen molar-refractivity contribution in [1.82, 2.24) is 10.7 Å². The Balaban J connectivity index is 2.42. The van der Waals surface area contributed by atoms with Crippen LogP contribution in [0, 0.1) is 0 Å². The van der Waals surface area contributed by atoms with E-state index in [-0.39, 0.29) is 5.97 Å². The lowest BCUT2D eigenvalue weighted by Gasteiger charge is -2.05. The van der Waals surface area contributed by atoms with Gasteiger partial charge in [-0.2, -0.15) is 5.10 Å². The van der Waals surface area contributed by atoms with Crippen molar-refractivity contribution in [2.75, 3.05) is 13.7 Å². The molecule has 5 nitrogen and oxygen atoms in total. The maximum absolute atomic E-state index is 11.3. The first-order valence-corrected chi connectivity index (χ1v) is 6.83. The molecule has 0 radical (unpaired) electrons. The molecule has 20 heavy (non-hydrogen) atoms. The smallest absolute Gasteiger partial charge is 0.337 e. The second-order valence-electron chi connectivity index (χ2n) is 4.09. The van der Waals surface area contributed by atoms with Gasteiger partial charge in [-0.3, -0.25) is 5.43 Å². The zero-order valence-electron chi connectivity index (χ0n) is 11.7. The summed E-state index contributed by atoms with van der Waals surface area (Å²) in [7, 11) is 1.36. The Labute approximate surface area is 124 Å². The van der Waals surface area contributed by atoms with Gasteiger partial charge in [-0.15, -0.1) is 0 Å². The summed E-state index contributed by atoms with van der Waals surface area (Å²) in [6.07, 6.45) is 3.82. The third-order valence-corrected chi connectivity index (χ3v) is 2.76. The molecule has 0 aromatic heterocycles. The van der Waals surface area contributed by atoms with Crippen LogP contribution in [-0.2, 0) is 4.74 Å². The van der Waals surface area contributed by atoms with Crippen molar-refractivity contribution in [2.24, 2.45) is 5.10 Å². The van der Waals surface area contributed by atoms with Crippen LogP contribution in [0.1, 0.15) is 35.7 Å². The molecule has 0 aliphatic rings.